The first kappa shape index (κ1) is 21.8. The summed E-state index contributed by atoms with van der Waals surface area (Å²) in [5.41, 5.74) is 6.26. The van der Waals surface area contributed by atoms with E-state index in [1.165, 1.54) is 17.4 Å². The standard InChI is InChI=1S/C15H18FN3OS.2ClH/c1-15(2,17)9-18-14(20)12-8-21-13(19-12)7-10-5-3-4-6-11(10)16;;/h3-6,8H,7,9,17H2,1-2H3,(H,18,20);2*1H. The van der Waals surface area contributed by atoms with E-state index in [1.807, 2.05) is 13.8 Å². The molecule has 2 rings (SSSR count). The normalized spacial score (nSPS) is 10.4. The van der Waals surface area contributed by atoms with Crippen LogP contribution in [0.25, 0.3) is 0 Å². The molecule has 23 heavy (non-hydrogen) atoms. The zero-order valence-electron chi connectivity index (χ0n) is 12.8. The molecule has 1 heterocycles. The highest BCUT2D eigenvalue weighted by Gasteiger charge is 2.16. The summed E-state index contributed by atoms with van der Waals surface area (Å²) >= 11 is 1.34. The van der Waals surface area contributed by atoms with Gasteiger partial charge in [0.25, 0.3) is 5.91 Å². The van der Waals surface area contributed by atoms with Gasteiger partial charge < -0.3 is 11.1 Å². The Kier molecular flexibility index (Phi) is 8.69. The van der Waals surface area contributed by atoms with E-state index in [4.69, 9.17) is 5.73 Å². The summed E-state index contributed by atoms with van der Waals surface area (Å²) in [5.74, 6) is -0.520. The Morgan fingerprint density at radius 1 is 1.35 bits per heavy atom. The Morgan fingerprint density at radius 3 is 2.61 bits per heavy atom. The summed E-state index contributed by atoms with van der Waals surface area (Å²) in [5, 5.41) is 5.12. The number of nitrogens with zero attached hydrogens (tertiary/aromatic N) is 1. The number of amides is 1. The molecule has 0 aliphatic carbocycles. The number of nitrogens with one attached hydrogen (secondary N) is 1. The van der Waals surface area contributed by atoms with E-state index in [1.54, 1.807) is 23.6 Å². The van der Waals surface area contributed by atoms with Crippen LogP contribution < -0.4 is 11.1 Å². The molecule has 0 aliphatic rings. The van der Waals surface area contributed by atoms with Crippen LogP contribution in [-0.4, -0.2) is 23.0 Å². The van der Waals surface area contributed by atoms with E-state index >= 15 is 0 Å². The fourth-order valence-electron chi connectivity index (χ4n) is 1.70. The Labute approximate surface area is 151 Å². The van der Waals surface area contributed by atoms with Gasteiger partial charge in [-0.05, 0) is 25.5 Å². The summed E-state index contributed by atoms with van der Waals surface area (Å²) < 4.78 is 13.6. The molecule has 0 spiro atoms. The lowest BCUT2D eigenvalue weighted by Gasteiger charge is -2.18. The van der Waals surface area contributed by atoms with E-state index in [-0.39, 0.29) is 36.5 Å². The van der Waals surface area contributed by atoms with Crippen LogP contribution in [-0.2, 0) is 6.42 Å². The molecule has 0 saturated carbocycles. The number of benzene rings is 1. The third kappa shape index (κ3) is 6.83. The van der Waals surface area contributed by atoms with Gasteiger partial charge >= 0.3 is 0 Å². The molecule has 0 fully saturated rings. The Balaban J connectivity index is 0.00000242. The average Bonchev–Trinajstić information content (AvgIpc) is 2.86. The molecule has 1 amide bonds. The van der Waals surface area contributed by atoms with Crippen LogP contribution in [0.1, 0.15) is 34.9 Å². The molecule has 3 N–H and O–H groups in total. The first-order chi connectivity index (χ1) is 9.85. The van der Waals surface area contributed by atoms with Crippen LogP contribution >= 0.6 is 36.2 Å². The van der Waals surface area contributed by atoms with Crippen molar-refractivity contribution in [2.75, 3.05) is 6.54 Å². The molecule has 0 aliphatic heterocycles. The molecule has 0 unspecified atom stereocenters. The third-order valence-corrected chi connectivity index (χ3v) is 3.64. The highest BCUT2D eigenvalue weighted by molar-refractivity contribution is 7.09. The maximum Gasteiger partial charge on any atom is 0.270 e. The molecular formula is C15H20Cl2FN3OS. The van der Waals surface area contributed by atoms with Gasteiger partial charge in [-0.25, -0.2) is 9.37 Å². The summed E-state index contributed by atoms with van der Waals surface area (Å²) in [6, 6.07) is 6.56. The van der Waals surface area contributed by atoms with Crippen LogP contribution in [0.5, 0.6) is 0 Å². The summed E-state index contributed by atoms with van der Waals surface area (Å²) in [7, 11) is 0. The number of thiazole rings is 1. The van der Waals surface area contributed by atoms with Gasteiger partial charge in [0.05, 0.1) is 5.01 Å². The van der Waals surface area contributed by atoms with Crippen LogP contribution in [0.4, 0.5) is 4.39 Å². The van der Waals surface area contributed by atoms with Crippen molar-refractivity contribution >= 4 is 42.1 Å². The number of nitrogens with two attached hydrogens (primary N) is 1. The Bertz CT molecular complexity index is 644. The maximum absolute atomic E-state index is 13.6. The molecular weight excluding hydrogens is 360 g/mol. The number of carbonyl (C=O) groups excluding carboxylic acids is 1. The van der Waals surface area contributed by atoms with Crippen molar-refractivity contribution in [2.45, 2.75) is 25.8 Å². The van der Waals surface area contributed by atoms with Crippen LogP contribution in [0, 0.1) is 5.82 Å². The minimum atomic E-state index is -0.471. The van der Waals surface area contributed by atoms with Gasteiger partial charge in [0.1, 0.15) is 11.5 Å². The highest BCUT2D eigenvalue weighted by atomic mass is 35.5. The number of aromatic nitrogens is 1. The van der Waals surface area contributed by atoms with Crippen LogP contribution in [0.15, 0.2) is 29.6 Å². The third-order valence-electron chi connectivity index (χ3n) is 2.79. The van der Waals surface area contributed by atoms with Gasteiger partial charge in [-0.2, -0.15) is 0 Å². The van der Waals surface area contributed by atoms with Gasteiger partial charge in [-0.1, -0.05) is 18.2 Å². The molecule has 1 aromatic carbocycles. The molecule has 0 bridgehead atoms. The molecule has 1 aromatic heterocycles. The smallest absolute Gasteiger partial charge is 0.270 e. The molecule has 0 atom stereocenters. The molecule has 2 aromatic rings. The Morgan fingerprint density at radius 2 is 2.00 bits per heavy atom. The van der Waals surface area contributed by atoms with E-state index in [2.05, 4.69) is 10.3 Å². The van der Waals surface area contributed by atoms with Crippen molar-refractivity contribution < 1.29 is 9.18 Å². The van der Waals surface area contributed by atoms with Gasteiger partial charge in [0.2, 0.25) is 0 Å². The molecule has 4 nitrogen and oxygen atoms in total. The number of carbonyl (C=O) groups is 1. The minimum Gasteiger partial charge on any atom is -0.349 e. The molecule has 0 saturated heterocycles. The van der Waals surface area contributed by atoms with Gasteiger partial charge in [-0.15, -0.1) is 36.2 Å². The van der Waals surface area contributed by atoms with Crippen molar-refractivity contribution in [1.29, 1.82) is 0 Å². The Hall–Kier alpha value is -1.21. The first-order valence-electron chi connectivity index (χ1n) is 6.60. The van der Waals surface area contributed by atoms with Gasteiger partial charge in [0.15, 0.2) is 0 Å². The fourth-order valence-corrected chi connectivity index (χ4v) is 2.50. The van der Waals surface area contributed by atoms with E-state index in [0.29, 0.717) is 29.2 Å². The number of hydrogen-bond acceptors (Lipinski definition) is 4. The summed E-state index contributed by atoms with van der Waals surface area (Å²) in [6.45, 7) is 4.03. The second-order valence-electron chi connectivity index (χ2n) is 5.57. The summed E-state index contributed by atoms with van der Waals surface area (Å²) in [4.78, 5) is 16.2. The quantitative estimate of drug-likeness (QED) is 0.837. The SMILES string of the molecule is CC(C)(N)CNC(=O)c1csc(Cc2ccccc2F)n1.Cl.Cl. The first-order valence-corrected chi connectivity index (χ1v) is 7.48. The topological polar surface area (TPSA) is 68.0 Å². The van der Waals surface area contributed by atoms with Crippen molar-refractivity contribution in [1.82, 2.24) is 10.3 Å². The summed E-state index contributed by atoms with van der Waals surface area (Å²) in [6.07, 6.45) is 0.382. The van der Waals surface area contributed by atoms with Crippen LogP contribution in [0.3, 0.4) is 0 Å². The lowest BCUT2D eigenvalue weighted by Crippen LogP contribution is -2.45. The van der Waals surface area contributed by atoms with Gasteiger partial charge in [0, 0.05) is 23.9 Å². The predicted octanol–water partition coefficient (Wildman–Crippen LogP) is 3.18. The molecule has 128 valence electrons. The monoisotopic (exact) mass is 379 g/mol. The average molecular weight is 380 g/mol. The number of hydrogen-bond donors (Lipinski definition) is 2. The lowest BCUT2D eigenvalue weighted by atomic mass is 10.1. The molecule has 8 heteroatoms. The second-order valence-corrected chi connectivity index (χ2v) is 6.51. The predicted molar refractivity (Wildman–Crippen MR) is 96.4 cm³/mol. The largest absolute Gasteiger partial charge is 0.349 e. The van der Waals surface area contributed by atoms with Crippen molar-refractivity contribution in [2.24, 2.45) is 5.73 Å². The zero-order valence-corrected chi connectivity index (χ0v) is 15.3. The number of halogens is 3. The number of rotatable bonds is 5. The maximum atomic E-state index is 13.6. The lowest BCUT2D eigenvalue weighted by molar-refractivity contribution is 0.0941. The fraction of sp³-hybridized carbons (Fsp3) is 0.333. The van der Waals surface area contributed by atoms with E-state index < -0.39 is 5.54 Å². The van der Waals surface area contributed by atoms with E-state index in [9.17, 15) is 9.18 Å². The van der Waals surface area contributed by atoms with Crippen molar-refractivity contribution in [3.63, 3.8) is 0 Å². The molecule has 0 radical (unpaired) electrons. The van der Waals surface area contributed by atoms with Gasteiger partial charge in [-0.3, -0.25) is 4.79 Å². The zero-order chi connectivity index (χ0) is 15.5. The van der Waals surface area contributed by atoms with Crippen molar-refractivity contribution in [3.05, 3.63) is 51.7 Å². The minimum absolute atomic E-state index is 0. The van der Waals surface area contributed by atoms with Crippen molar-refractivity contribution in [3.8, 4) is 0 Å². The second kappa shape index (κ2) is 9.17. The van der Waals surface area contributed by atoms with E-state index in [0.717, 1.165) is 0 Å². The highest BCUT2D eigenvalue weighted by Crippen LogP contribution is 2.17. The van der Waals surface area contributed by atoms with Crippen LogP contribution in [0.2, 0.25) is 0 Å².